The third kappa shape index (κ3) is 3.03. The highest BCUT2D eigenvalue weighted by Crippen LogP contribution is 2.24. The topological polar surface area (TPSA) is 64.4 Å². The van der Waals surface area contributed by atoms with Gasteiger partial charge in [-0.15, -0.1) is 0 Å². The molecule has 1 unspecified atom stereocenters. The van der Waals surface area contributed by atoms with Crippen LogP contribution >= 0.6 is 0 Å². The van der Waals surface area contributed by atoms with Crippen molar-refractivity contribution in [2.75, 3.05) is 13.2 Å². The molecule has 1 N–H and O–H groups in total. The Bertz CT molecular complexity index is 866. The van der Waals surface area contributed by atoms with E-state index in [2.05, 4.69) is 10.3 Å². The van der Waals surface area contributed by atoms with Crippen LogP contribution in [0.25, 0.3) is 22.2 Å². The summed E-state index contributed by atoms with van der Waals surface area (Å²) in [5.74, 6) is -0.0742. The lowest BCUT2D eigenvalue weighted by atomic mass is 10.0. The quantitative estimate of drug-likeness (QED) is 0.799. The van der Waals surface area contributed by atoms with Crippen LogP contribution in [0.2, 0.25) is 0 Å². The molecule has 4 rings (SSSR count). The first kappa shape index (κ1) is 14.9. The van der Waals surface area contributed by atoms with Crippen LogP contribution in [0.15, 0.2) is 53.3 Å². The van der Waals surface area contributed by atoms with Crippen molar-refractivity contribution in [2.45, 2.75) is 18.9 Å². The molecule has 1 atom stereocenters. The molecule has 0 spiro atoms. The summed E-state index contributed by atoms with van der Waals surface area (Å²) in [4.78, 5) is 16.5. The lowest BCUT2D eigenvalue weighted by molar-refractivity contribution is 0.0858. The predicted molar refractivity (Wildman–Crippen MR) is 90.8 cm³/mol. The van der Waals surface area contributed by atoms with Crippen LogP contribution in [-0.2, 0) is 4.74 Å². The van der Waals surface area contributed by atoms with Crippen molar-refractivity contribution in [2.24, 2.45) is 0 Å². The Labute approximate surface area is 139 Å². The highest BCUT2D eigenvalue weighted by Gasteiger charge is 2.16. The SMILES string of the molecule is O=C(NCC1CCCO1)c1cccc(-c2ccc3ocnc3c2)c1. The first-order valence-corrected chi connectivity index (χ1v) is 8.13. The first-order valence-electron chi connectivity index (χ1n) is 8.13. The highest BCUT2D eigenvalue weighted by atomic mass is 16.5. The van der Waals surface area contributed by atoms with E-state index >= 15 is 0 Å². The zero-order valence-electron chi connectivity index (χ0n) is 13.2. The maximum Gasteiger partial charge on any atom is 0.251 e. The minimum atomic E-state index is -0.0742. The number of fused-ring (bicyclic) bond motifs is 1. The zero-order valence-corrected chi connectivity index (χ0v) is 13.2. The van der Waals surface area contributed by atoms with E-state index in [1.165, 1.54) is 6.39 Å². The average Bonchev–Trinajstić information content (AvgIpc) is 3.30. The molecule has 0 bridgehead atoms. The third-order valence-electron chi connectivity index (χ3n) is 4.30. The Morgan fingerprint density at radius 3 is 3.00 bits per heavy atom. The van der Waals surface area contributed by atoms with Crippen LogP contribution in [0.5, 0.6) is 0 Å². The van der Waals surface area contributed by atoms with Crippen molar-refractivity contribution in [1.29, 1.82) is 0 Å². The van der Waals surface area contributed by atoms with Crippen molar-refractivity contribution in [3.63, 3.8) is 0 Å². The first-order chi connectivity index (χ1) is 11.8. The summed E-state index contributed by atoms with van der Waals surface area (Å²) in [7, 11) is 0. The number of nitrogens with zero attached hydrogens (tertiary/aromatic N) is 1. The van der Waals surface area contributed by atoms with Crippen molar-refractivity contribution in [1.82, 2.24) is 10.3 Å². The molecule has 0 saturated carbocycles. The minimum absolute atomic E-state index is 0.0742. The lowest BCUT2D eigenvalue weighted by Crippen LogP contribution is -2.31. The molecule has 1 fully saturated rings. The van der Waals surface area contributed by atoms with Gasteiger partial charge < -0.3 is 14.5 Å². The molecule has 0 radical (unpaired) electrons. The number of carbonyl (C=O) groups excluding carboxylic acids is 1. The van der Waals surface area contributed by atoms with Gasteiger partial charge in [-0.1, -0.05) is 18.2 Å². The van der Waals surface area contributed by atoms with E-state index in [1.807, 2.05) is 42.5 Å². The maximum atomic E-state index is 12.4. The number of benzene rings is 2. The Hall–Kier alpha value is -2.66. The van der Waals surface area contributed by atoms with Crippen molar-refractivity contribution < 1.29 is 13.9 Å². The second-order valence-corrected chi connectivity index (χ2v) is 5.96. The molecule has 2 heterocycles. The second-order valence-electron chi connectivity index (χ2n) is 5.96. The highest BCUT2D eigenvalue weighted by molar-refractivity contribution is 5.95. The van der Waals surface area contributed by atoms with Crippen molar-refractivity contribution in [3.05, 3.63) is 54.4 Å². The van der Waals surface area contributed by atoms with Gasteiger partial charge in [-0.2, -0.15) is 0 Å². The molecule has 5 heteroatoms. The summed E-state index contributed by atoms with van der Waals surface area (Å²) in [6.07, 6.45) is 3.66. The minimum Gasteiger partial charge on any atom is -0.443 e. The van der Waals surface area contributed by atoms with Crippen molar-refractivity contribution >= 4 is 17.0 Å². The van der Waals surface area contributed by atoms with Gasteiger partial charge >= 0.3 is 0 Å². The Morgan fingerprint density at radius 2 is 2.12 bits per heavy atom. The molecule has 1 aliphatic heterocycles. The van der Waals surface area contributed by atoms with Gasteiger partial charge in [0, 0.05) is 18.7 Å². The Kier molecular flexibility index (Phi) is 4.01. The molecule has 0 aliphatic carbocycles. The van der Waals surface area contributed by atoms with Gasteiger partial charge in [-0.05, 0) is 48.2 Å². The maximum absolute atomic E-state index is 12.4. The fourth-order valence-corrected chi connectivity index (χ4v) is 2.99. The van der Waals surface area contributed by atoms with E-state index in [9.17, 15) is 4.79 Å². The summed E-state index contributed by atoms with van der Waals surface area (Å²) >= 11 is 0. The number of carbonyl (C=O) groups is 1. The van der Waals surface area contributed by atoms with E-state index in [0.717, 1.165) is 41.7 Å². The van der Waals surface area contributed by atoms with Gasteiger partial charge in [0.05, 0.1) is 6.10 Å². The van der Waals surface area contributed by atoms with E-state index < -0.39 is 0 Å². The van der Waals surface area contributed by atoms with Gasteiger partial charge in [0.25, 0.3) is 5.91 Å². The number of nitrogens with one attached hydrogen (secondary N) is 1. The molecule has 2 aromatic carbocycles. The third-order valence-corrected chi connectivity index (χ3v) is 4.30. The smallest absolute Gasteiger partial charge is 0.251 e. The normalized spacial score (nSPS) is 17.2. The van der Waals surface area contributed by atoms with Crippen LogP contribution in [0.3, 0.4) is 0 Å². The fraction of sp³-hybridized carbons (Fsp3) is 0.263. The molecule has 24 heavy (non-hydrogen) atoms. The fourth-order valence-electron chi connectivity index (χ4n) is 2.99. The standard InChI is InChI=1S/C19H18N2O3/c22-19(20-11-16-5-2-8-23-16)15-4-1-3-13(9-15)14-6-7-18-17(10-14)21-12-24-18/h1,3-4,6-7,9-10,12,16H,2,5,8,11H2,(H,20,22). The van der Waals surface area contributed by atoms with E-state index in [4.69, 9.17) is 9.15 Å². The van der Waals surface area contributed by atoms with Crippen LogP contribution in [0.1, 0.15) is 23.2 Å². The van der Waals surface area contributed by atoms with Gasteiger partial charge in [-0.3, -0.25) is 4.79 Å². The summed E-state index contributed by atoms with van der Waals surface area (Å²) < 4.78 is 10.8. The summed E-state index contributed by atoms with van der Waals surface area (Å²) in [5, 5.41) is 2.95. The van der Waals surface area contributed by atoms with Crippen LogP contribution in [-0.4, -0.2) is 30.1 Å². The lowest BCUT2D eigenvalue weighted by Gasteiger charge is -2.11. The molecule has 5 nitrogen and oxygen atoms in total. The number of aromatic nitrogens is 1. The van der Waals surface area contributed by atoms with E-state index in [1.54, 1.807) is 0 Å². The van der Waals surface area contributed by atoms with Gasteiger partial charge in [0.1, 0.15) is 5.52 Å². The zero-order chi connectivity index (χ0) is 16.4. The molecule has 3 aromatic rings. The molecular weight excluding hydrogens is 304 g/mol. The van der Waals surface area contributed by atoms with E-state index in [0.29, 0.717) is 12.1 Å². The monoisotopic (exact) mass is 322 g/mol. The number of amides is 1. The largest absolute Gasteiger partial charge is 0.443 e. The number of rotatable bonds is 4. The summed E-state index contributed by atoms with van der Waals surface area (Å²) in [5.41, 5.74) is 4.19. The van der Waals surface area contributed by atoms with Crippen molar-refractivity contribution in [3.8, 4) is 11.1 Å². The number of ether oxygens (including phenoxy) is 1. The second kappa shape index (κ2) is 6.45. The van der Waals surface area contributed by atoms with Crippen LogP contribution in [0, 0.1) is 0 Å². The van der Waals surface area contributed by atoms with Crippen LogP contribution < -0.4 is 5.32 Å². The number of hydrogen-bond acceptors (Lipinski definition) is 4. The van der Waals surface area contributed by atoms with Crippen LogP contribution in [0.4, 0.5) is 0 Å². The molecular formula is C19H18N2O3. The summed E-state index contributed by atoms with van der Waals surface area (Å²) in [6, 6.07) is 13.4. The molecule has 1 aliphatic rings. The Balaban J connectivity index is 1.52. The average molecular weight is 322 g/mol. The van der Waals surface area contributed by atoms with Gasteiger partial charge in [0.15, 0.2) is 12.0 Å². The van der Waals surface area contributed by atoms with Gasteiger partial charge in [0.2, 0.25) is 0 Å². The molecule has 1 amide bonds. The van der Waals surface area contributed by atoms with Gasteiger partial charge in [-0.25, -0.2) is 4.98 Å². The predicted octanol–water partition coefficient (Wildman–Crippen LogP) is 3.40. The number of oxazole rings is 1. The molecule has 1 aromatic heterocycles. The Morgan fingerprint density at radius 1 is 1.21 bits per heavy atom. The van der Waals surface area contributed by atoms with E-state index in [-0.39, 0.29) is 12.0 Å². The number of hydrogen-bond donors (Lipinski definition) is 1. The summed E-state index contributed by atoms with van der Waals surface area (Å²) in [6.45, 7) is 1.36. The molecule has 1 saturated heterocycles. The molecule has 122 valence electrons.